The summed E-state index contributed by atoms with van der Waals surface area (Å²) < 4.78 is 0. The van der Waals surface area contributed by atoms with Gasteiger partial charge < -0.3 is 0 Å². The second kappa shape index (κ2) is 10.1. The minimum Gasteiger partial charge on any atom is -0.0625 e. The van der Waals surface area contributed by atoms with Gasteiger partial charge in [-0.05, 0) is 95.3 Å². The molecule has 32 heavy (non-hydrogen) atoms. The second-order valence-electron chi connectivity index (χ2n) is 12.1. The van der Waals surface area contributed by atoms with Gasteiger partial charge in [-0.2, -0.15) is 0 Å². The van der Waals surface area contributed by atoms with Crippen LogP contribution in [0.3, 0.4) is 0 Å². The molecule has 0 heterocycles. The van der Waals surface area contributed by atoms with Gasteiger partial charge in [-0.3, -0.25) is 0 Å². The molecule has 2 saturated carbocycles. The average Bonchev–Trinajstić information content (AvgIpc) is 2.79. The van der Waals surface area contributed by atoms with Gasteiger partial charge in [0.05, 0.1) is 0 Å². The van der Waals surface area contributed by atoms with E-state index in [0.29, 0.717) is 0 Å². The minimum absolute atomic E-state index is 0.733. The summed E-state index contributed by atoms with van der Waals surface area (Å²) in [5, 5.41) is 0. The molecule has 0 spiro atoms. The Hall–Kier alpha value is -1.56. The molecule has 2 aliphatic rings. The summed E-state index contributed by atoms with van der Waals surface area (Å²) in [6, 6.07) is 19.2. The van der Waals surface area contributed by atoms with Crippen LogP contribution in [-0.2, 0) is 0 Å². The molecule has 4 rings (SSSR count). The molecule has 0 bridgehead atoms. The van der Waals surface area contributed by atoms with Crippen molar-refractivity contribution in [2.75, 3.05) is 0 Å². The maximum absolute atomic E-state index is 2.44. The topological polar surface area (TPSA) is 0 Å². The van der Waals surface area contributed by atoms with Crippen LogP contribution in [0.4, 0.5) is 0 Å². The zero-order valence-corrected chi connectivity index (χ0v) is 21.5. The number of hydrogen-bond donors (Lipinski definition) is 0. The van der Waals surface area contributed by atoms with Crippen molar-refractivity contribution in [2.45, 2.75) is 91.9 Å². The summed E-state index contributed by atoms with van der Waals surface area (Å²) in [6.07, 6.45) is 8.30. The van der Waals surface area contributed by atoms with Crippen LogP contribution >= 0.6 is 0 Å². The molecule has 2 aromatic carbocycles. The lowest BCUT2D eigenvalue weighted by Crippen LogP contribution is -2.26. The molecule has 174 valence electrons. The summed E-state index contributed by atoms with van der Waals surface area (Å²) in [7, 11) is 0. The third-order valence-corrected chi connectivity index (χ3v) is 9.06. The molecule has 2 aliphatic carbocycles. The van der Waals surface area contributed by atoms with Crippen molar-refractivity contribution in [1.82, 2.24) is 0 Å². The van der Waals surface area contributed by atoms with E-state index in [2.05, 4.69) is 90.1 Å². The van der Waals surface area contributed by atoms with E-state index >= 15 is 0 Å². The SMILES string of the molecule is CC1CCC(C(C)C)C(c2ccc(-c3ccc(C4CC(C)CCC4C(C)C)cc3)cc2)C1. The van der Waals surface area contributed by atoms with E-state index in [0.717, 1.165) is 47.3 Å². The third-order valence-electron chi connectivity index (χ3n) is 9.06. The first-order chi connectivity index (χ1) is 15.3. The monoisotopic (exact) mass is 430 g/mol. The van der Waals surface area contributed by atoms with Crippen LogP contribution in [0.5, 0.6) is 0 Å². The molecule has 6 unspecified atom stereocenters. The maximum atomic E-state index is 2.44. The molecule has 0 amide bonds. The van der Waals surface area contributed by atoms with E-state index in [1.165, 1.54) is 49.7 Å². The van der Waals surface area contributed by atoms with E-state index in [1.54, 1.807) is 11.1 Å². The lowest BCUT2D eigenvalue weighted by atomic mass is 9.67. The Bertz CT molecular complexity index is 767. The Kier molecular flexibility index (Phi) is 7.48. The van der Waals surface area contributed by atoms with Crippen LogP contribution in [-0.4, -0.2) is 0 Å². The molecular formula is C32H46. The maximum Gasteiger partial charge on any atom is -0.0129 e. The zero-order chi connectivity index (χ0) is 22.8. The van der Waals surface area contributed by atoms with Gasteiger partial charge in [-0.1, -0.05) is 103 Å². The first-order valence-electron chi connectivity index (χ1n) is 13.5. The van der Waals surface area contributed by atoms with Gasteiger partial charge in [0.2, 0.25) is 0 Å². The van der Waals surface area contributed by atoms with Gasteiger partial charge in [-0.25, -0.2) is 0 Å². The molecule has 0 heteroatoms. The van der Waals surface area contributed by atoms with Crippen LogP contribution in [0, 0.1) is 35.5 Å². The lowest BCUT2D eigenvalue weighted by molar-refractivity contribution is 0.197. The van der Waals surface area contributed by atoms with Gasteiger partial charge >= 0.3 is 0 Å². The summed E-state index contributed by atoms with van der Waals surface area (Å²) in [4.78, 5) is 0. The van der Waals surface area contributed by atoms with Crippen molar-refractivity contribution >= 4 is 0 Å². The standard InChI is InChI=1S/C32H46/c1-21(2)29-17-7-23(5)19-31(29)27-13-9-25(10-14-27)26-11-15-28(16-12-26)32-20-24(6)8-18-30(32)22(3)4/h9-16,21-24,29-32H,7-8,17-20H2,1-6H3. The smallest absolute Gasteiger partial charge is 0.0129 e. The van der Waals surface area contributed by atoms with Crippen molar-refractivity contribution in [3.8, 4) is 11.1 Å². The highest BCUT2D eigenvalue weighted by atomic mass is 14.4. The number of benzene rings is 2. The van der Waals surface area contributed by atoms with Gasteiger partial charge in [-0.15, -0.1) is 0 Å². The summed E-state index contributed by atoms with van der Waals surface area (Å²) in [5.74, 6) is 6.41. The highest BCUT2D eigenvalue weighted by molar-refractivity contribution is 5.64. The van der Waals surface area contributed by atoms with Gasteiger partial charge in [0.15, 0.2) is 0 Å². The third kappa shape index (κ3) is 5.16. The summed E-state index contributed by atoms with van der Waals surface area (Å²) >= 11 is 0. The second-order valence-corrected chi connectivity index (χ2v) is 12.1. The van der Waals surface area contributed by atoms with Crippen molar-refractivity contribution < 1.29 is 0 Å². The predicted octanol–water partition coefficient (Wildman–Crippen LogP) is 9.71. The Morgan fingerprint density at radius 3 is 1.19 bits per heavy atom. The zero-order valence-electron chi connectivity index (χ0n) is 21.5. The van der Waals surface area contributed by atoms with Crippen molar-refractivity contribution in [3.63, 3.8) is 0 Å². The first kappa shape index (κ1) is 23.6. The van der Waals surface area contributed by atoms with Crippen LogP contribution in [0.25, 0.3) is 11.1 Å². The molecule has 2 fully saturated rings. The van der Waals surface area contributed by atoms with E-state index < -0.39 is 0 Å². The summed E-state index contributed by atoms with van der Waals surface area (Å²) in [5.41, 5.74) is 5.85. The lowest BCUT2D eigenvalue weighted by Gasteiger charge is -2.38. The molecule has 0 nitrogen and oxygen atoms in total. The molecule has 0 radical (unpaired) electrons. The number of hydrogen-bond acceptors (Lipinski definition) is 0. The van der Waals surface area contributed by atoms with E-state index in [-0.39, 0.29) is 0 Å². The Morgan fingerprint density at radius 1 is 0.531 bits per heavy atom. The van der Waals surface area contributed by atoms with Gasteiger partial charge in [0, 0.05) is 0 Å². The Labute approximate surface area is 198 Å². The molecular weight excluding hydrogens is 384 g/mol. The quantitative estimate of drug-likeness (QED) is 0.443. The first-order valence-corrected chi connectivity index (χ1v) is 13.5. The number of rotatable bonds is 5. The molecule has 6 atom stereocenters. The highest BCUT2D eigenvalue weighted by Gasteiger charge is 2.32. The predicted molar refractivity (Wildman–Crippen MR) is 140 cm³/mol. The van der Waals surface area contributed by atoms with Crippen LogP contribution in [0.2, 0.25) is 0 Å². The fourth-order valence-corrected chi connectivity index (χ4v) is 7.02. The molecule has 0 saturated heterocycles. The molecule has 0 aliphatic heterocycles. The normalized spacial score (nSPS) is 31.2. The molecule has 2 aromatic rings. The fraction of sp³-hybridized carbons (Fsp3) is 0.625. The Morgan fingerprint density at radius 2 is 0.875 bits per heavy atom. The van der Waals surface area contributed by atoms with Crippen molar-refractivity contribution in [2.24, 2.45) is 35.5 Å². The van der Waals surface area contributed by atoms with Gasteiger partial charge in [0.25, 0.3) is 0 Å². The van der Waals surface area contributed by atoms with Crippen LogP contribution < -0.4 is 0 Å². The van der Waals surface area contributed by atoms with E-state index in [4.69, 9.17) is 0 Å². The minimum atomic E-state index is 0.733. The highest BCUT2D eigenvalue weighted by Crippen LogP contribution is 2.45. The fourth-order valence-electron chi connectivity index (χ4n) is 7.02. The largest absolute Gasteiger partial charge is 0.0625 e. The van der Waals surface area contributed by atoms with Gasteiger partial charge in [0.1, 0.15) is 0 Å². The summed E-state index contributed by atoms with van der Waals surface area (Å²) in [6.45, 7) is 14.6. The van der Waals surface area contributed by atoms with E-state index in [9.17, 15) is 0 Å². The Balaban J connectivity index is 1.51. The molecule has 0 N–H and O–H groups in total. The average molecular weight is 431 g/mol. The van der Waals surface area contributed by atoms with Crippen LogP contribution in [0.15, 0.2) is 48.5 Å². The van der Waals surface area contributed by atoms with Crippen molar-refractivity contribution in [1.29, 1.82) is 0 Å². The van der Waals surface area contributed by atoms with E-state index in [1.807, 2.05) is 0 Å². The van der Waals surface area contributed by atoms with Crippen LogP contribution in [0.1, 0.15) is 103 Å². The molecule has 0 aromatic heterocycles. The van der Waals surface area contributed by atoms with Crippen molar-refractivity contribution in [3.05, 3.63) is 59.7 Å².